The molecule has 0 spiro atoms. The van der Waals surface area contributed by atoms with Crippen LogP contribution in [0.5, 0.6) is 0 Å². The van der Waals surface area contributed by atoms with E-state index in [1.54, 1.807) is 0 Å². The van der Waals surface area contributed by atoms with Gasteiger partial charge in [0.2, 0.25) is 11.8 Å². The predicted molar refractivity (Wildman–Crippen MR) is 231 cm³/mol. The second-order valence-electron chi connectivity index (χ2n) is 13.3. The van der Waals surface area contributed by atoms with Gasteiger partial charge in [0.1, 0.15) is 0 Å². The Hall–Kier alpha value is -1.70. The largest absolute Gasteiger partial charge is 0.344 e. The maximum atomic E-state index is 12.0. The average Bonchev–Trinajstić information content (AvgIpc) is 3.07. The first-order valence-electron chi connectivity index (χ1n) is 20.2. The predicted octanol–water partition coefficient (Wildman–Crippen LogP) is 12.4. The van der Waals surface area contributed by atoms with Crippen LogP contribution in [0.4, 0.5) is 0 Å². The summed E-state index contributed by atoms with van der Waals surface area (Å²) in [6.07, 6.45) is 43.6. The second-order valence-corrected chi connectivity index (χ2v) is 13.3. The van der Waals surface area contributed by atoms with Crippen LogP contribution in [-0.2, 0) is 9.59 Å². The van der Waals surface area contributed by atoms with Crippen molar-refractivity contribution in [1.29, 1.82) is 0 Å². The van der Waals surface area contributed by atoms with Crippen LogP contribution in [0.3, 0.4) is 0 Å². The summed E-state index contributed by atoms with van der Waals surface area (Å²) < 4.78 is 0. The molecule has 2 amide bonds. The molecule has 0 atom stereocenters. The van der Waals surface area contributed by atoms with Crippen LogP contribution in [0.25, 0.3) is 0 Å². The summed E-state index contributed by atoms with van der Waals surface area (Å²) in [5.41, 5.74) is 0. The number of allylic oxidation sites excluding steroid dienone is 4. The molecule has 0 aromatic rings. The Morgan fingerprint density at radius 2 is 0.608 bits per heavy atom. The van der Waals surface area contributed by atoms with Crippen LogP contribution in [0.2, 0.25) is 0 Å². The van der Waals surface area contributed by atoms with E-state index in [9.17, 15) is 9.59 Å². The van der Waals surface area contributed by atoms with Crippen LogP contribution < -0.4 is 26.6 Å². The van der Waals surface area contributed by atoms with E-state index in [2.05, 4.69) is 64.7 Å². The van der Waals surface area contributed by atoms with Gasteiger partial charge in [0.15, 0.2) is 0 Å². The molecule has 51 heavy (non-hydrogen) atoms. The fourth-order valence-corrected chi connectivity index (χ4v) is 5.58. The van der Waals surface area contributed by atoms with Gasteiger partial charge in [0, 0.05) is 26.2 Å². The maximum absolute atomic E-state index is 12.0. The van der Waals surface area contributed by atoms with Crippen molar-refractivity contribution >= 4 is 11.8 Å². The standard InChI is InChI=1S/C40H79N5O2.4CH4/c1-3-5-7-9-11-13-15-17-19-21-23-25-27-29-31-33-39(46)44-37-42-35-41-36-43-38-45-40(47)34-32-30-28-26-24-22-20-18-16-14-12-10-8-6-4-2;;;;/h17-20,41-43H,3-16,21-38H2,1-2H3,(H,44,46)(H,45,47);4*1H4/b19-17+,20-18+;;;;. The highest BCUT2D eigenvalue weighted by atomic mass is 16.2. The molecule has 0 aliphatic heterocycles. The number of carbonyl (C=O) groups is 2. The minimum atomic E-state index is 0. The Kier molecular flexibility index (Phi) is 60.5. The Labute approximate surface area is 321 Å². The number of amides is 2. The van der Waals surface area contributed by atoms with Crippen molar-refractivity contribution in [2.24, 2.45) is 0 Å². The van der Waals surface area contributed by atoms with Gasteiger partial charge in [-0.3, -0.25) is 25.5 Å². The fourth-order valence-electron chi connectivity index (χ4n) is 5.58. The first kappa shape index (κ1) is 58.6. The summed E-state index contributed by atoms with van der Waals surface area (Å²) in [7, 11) is 0. The summed E-state index contributed by atoms with van der Waals surface area (Å²) in [5.74, 6) is 0.226. The first-order chi connectivity index (χ1) is 23.2. The summed E-state index contributed by atoms with van der Waals surface area (Å²) in [5, 5.41) is 15.4. The third-order valence-corrected chi connectivity index (χ3v) is 8.65. The SMILES string of the molecule is C.C.C.C.CCCCCCCC/C=C/CCCCCCCC(=O)NCNCNCNCNC(=O)CCCCCCC/C=C/CCCCCCCC. The van der Waals surface area contributed by atoms with Crippen LogP contribution in [-0.4, -0.2) is 38.5 Å². The van der Waals surface area contributed by atoms with Crippen molar-refractivity contribution in [3.63, 3.8) is 0 Å². The molecule has 0 bridgehead atoms. The topological polar surface area (TPSA) is 94.3 Å². The van der Waals surface area contributed by atoms with E-state index < -0.39 is 0 Å². The fraction of sp³-hybridized carbons (Fsp3) is 0.864. The highest BCUT2D eigenvalue weighted by molar-refractivity contribution is 5.76. The number of carbonyl (C=O) groups excluding carboxylic acids is 2. The zero-order chi connectivity index (χ0) is 34.1. The van der Waals surface area contributed by atoms with E-state index in [-0.39, 0.29) is 41.5 Å². The van der Waals surface area contributed by atoms with Gasteiger partial charge >= 0.3 is 0 Å². The Bertz CT molecular complexity index is 656. The number of hydrogen-bond donors (Lipinski definition) is 5. The molecular weight excluding hydrogens is 631 g/mol. The van der Waals surface area contributed by atoms with E-state index in [1.165, 1.54) is 141 Å². The number of rotatable bonds is 38. The summed E-state index contributed by atoms with van der Waals surface area (Å²) in [6.45, 7) is 6.64. The molecule has 0 aromatic carbocycles. The monoisotopic (exact) mass is 726 g/mol. The van der Waals surface area contributed by atoms with Crippen LogP contribution >= 0.6 is 0 Å². The second kappa shape index (κ2) is 52.7. The summed E-state index contributed by atoms with van der Waals surface area (Å²) in [6, 6.07) is 0. The highest BCUT2D eigenvalue weighted by Gasteiger charge is 2.01. The zero-order valence-corrected chi connectivity index (χ0v) is 31.3. The molecule has 0 fully saturated rings. The molecule has 0 saturated heterocycles. The van der Waals surface area contributed by atoms with Gasteiger partial charge in [-0.2, -0.15) is 0 Å². The molecule has 0 aliphatic carbocycles. The van der Waals surface area contributed by atoms with E-state index in [4.69, 9.17) is 0 Å². The minimum absolute atomic E-state index is 0. The molecule has 0 radical (unpaired) electrons. The minimum Gasteiger partial charge on any atom is -0.344 e. The van der Waals surface area contributed by atoms with E-state index in [0.717, 1.165) is 25.7 Å². The van der Waals surface area contributed by atoms with Crippen molar-refractivity contribution < 1.29 is 9.59 Å². The Morgan fingerprint density at radius 1 is 0.353 bits per heavy atom. The average molecular weight is 726 g/mol. The van der Waals surface area contributed by atoms with Crippen molar-refractivity contribution in [3.05, 3.63) is 24.3 Å². The molecule has 0 rings (SSSR count). The highest BCUT2D eigenvalue weighted by Crippen LogP contribution is 2.11. The third-order valence-electron chi connectivity index (χ3n) is 8.65. The number of nitrogens with one attached hydrogen (secondary N) is 5. The maximum Gasteiger partial charge on any atom is 0.220 e. The van der Waals surface area contributed by atoms with Crippen molar-refractivity contribution in [2.45, 2.75) is 223 Å². The van der Waals surface area contributed by atoms with Crippen molar-refractivity contribution in [3.8, 4) is 0 Å². The molecule has 7 heteroatoms. The van der Waals surface area contributed by atoms with Crippen LogP contribution in [0, 0.1) is 0 Å². The van der Waals surface area contributed by atoms with E-state index >= 15 is 0 Å². The quantitative estimate of drug-likeness (QED) is 0.0248. The smallest absolute Gasteiger partial charge is 0.220 e. The van der Waals surface area contributed by atoms with E-state index in [1.807, 2.05) is 0 Å². The summed E-state index contributed by atoms with van der Waals surface area (Å²) in [4.78, 5) is 24.0. The Balaban J connectivity index is -0.00000176. The van der Waals surface area contributed by atoms with Crippen molar-refractivity contribution in [2.75, 3.05) is 26.7 Å². The van der Waals surface area contributed by atoms with Gasteiger partial charge in [0.05, 0.1) is 13.3 Å². The van der Waals surface area contributed by atoms with Gasteiger partial charge in [0.25, 0.3) is 0 Å². The lowest BCUT2D eigenvalue weighted by molar-refractivity contribution is -0.122. The molecule has 0 saturated carbocycles. The molecule has 0 aromatic heterocycles. The first-order valence-corrected chi connectivity index (χ1v) is 20.2. The van der Waals surface area contributed by atoms with Gasteiger partial charge in [-0.25, -0.2) is 0 Å². The number of unbranched alkanes of at least 4 members (excludes halogenated alkanes) is 22. The van der Waals surface area contributed by atoms with Gasteiger partial charge < -0.3 is 10.6 Å². The molecule has 0 unspecified atom stereocenters. The lowest BCUT2D eigenvalue weighted by atomic mass is 10.1. The molecule has 7 nitrogen and oxygen atoms in total. The van der Waals surface area contributed by atoms with Crippen LogP contribution in [0.1, 0.15) is 223 Å². The molecule has 0 heterocycles. The zero-order valence-electron chi connectivity index (χ0n) is 31.3. The molecular formula is C44H95N5O2. The third kappa shape index (κ3) is 52.8. The number of hydrogen-bond acceptors (Lipinski definition) is 5. The van der Waals surface area contributed by atoms with Crippen molar-refractivity contribution in [1.82, 2.24) is 26.6 Å². The van der Waals surface area contributed by atoms with Crippen LogP contribution in [0.15, 0.2) is 24.3 Å². The molecule has 0 aliphatic rings. The normalized spacial score (nSPS) is 10.7. The summed E-state index contributed by atoms with van der Waals surface area (Å²) >= 11 is 0. The molecule has 308 valence electrons. The van der Waals surface area contributed by atoms with Gasteiger partial charge in [-0.05, 0) is 64.2 Å². The molecule has 5 N–H and O–H groups in total. The van der Waals surface area contributed by atoms with Gasteiger partial charge in [-0.15, -0.1) is 0 Å². The van der Waals surface area contributed by atoms with E-state index in [0.29, 0.717) is 39.5 Å². The lowest BCUT2D eigenvalue weighted by Gasteiger charge is -2.10. The lowest BCUT2D eigenvalue weighted by Crippen LogP contribution is -2.43. The Morgan fingerprint density at radius 3 is 0.922 bits per heavy atom. The van der Waals surface area contributed by atoms with Gasteiger partial charge in [-0.1, -0.05) is 171 Å².